The van der Waals surface area contributed by atoms with Crippen LogP contribution in [0.4, 0.5) is 19.0 Å². The minimum Gasteiger partial charge on any atom is -0.350 e. The van der Waals surface area contributed by atoms with Crippen molar-refractivity contribution in [2.45, 2.75) is 46.5 Å². The van der Waals surface area contributed by atoms with Gasteiger partial charge in [0.1, 0.15) is 12.4 Å². The summed E-state index contributed by atoms with van der Waals surface area (Å²) in [7, 11) is 1.42. The zero-order valence-electron chi connectivity index (χ0n) is 12.6. The Bertz CT molecular complexity index is 456. The third-order valence-electron chi connectivity index (χ3n) is 2.92. The van der Waals surface area contributed by atoms with Crippen LogP contribution in [0.15, 0.2) is 6.07 Å². The van der Waals surface area contributed by atoms with E-state index < -0.39 is 12.7 Å². The van der Waals surface area contributed by atoms with E-state index in [0.29, 0.717) is 12.4 Å². The highest BCUT2D eigenvalue weighted by molar-refractivity contribution is 5.51. The first kappa shape index (κ1) is 16.8. The highest BCUT2D eigenvalue weighted by Gasteiger charge is 2.30. The molecule has 0 saturated heterocycles. The van der Waals surface area contributed by atoms with Gasteiger partial charge in [-0.3, -0.25) is 0 Å². The van der Waals surface area contributed by atoms with Crippen molar-refractivity contribution >= 4 is 5.82 Å². The minimum atomic E-state index is -4.24. The average Bonchev–Trinajstić information content (AvgIpc) is 2.24. The van der Waals surface area contributed by atoms with Gasteiger partial charge in [0.15, 0.2) is 0 Å². The van der Waals surface area contributed by atoms with Crippen molar-refractivity contribution in [2.75, 3.05) is 18.5 Å². The lowest BCUT2D eigenvalue weighted by Gasteiger charge is -2.24. The molecular weight excluding hydrogens is 267 g/mol. The summed E-state index contributed by atoms with van der Waals surface area (Å²) in [6.45, 7) is 7.19. The van der Waals surface area contributed by atoms with E-state index in [1.807, 2.05) is 26.8 Å². The fraction of sp³-hybridized carbons (Fsp3) is 0.643. The predicted octanol–water partition coefficient (Wildman–Crippen LogP) is 3.19. The molecule has 1 aromatic heterocycles. The molecule has 0 unspecified atom stereocenters. The van der Waals surface area contributed by atoms with Gasteiger partial charge < -0.3 is 10.2 Å². The van der Waals surface area contributed by atoms with Gasteiger partial charge >= 0.3 is 6.18 Å². The standard InChI is InChI=1S/C14H22F3N3/c1-9(2)18-7-12-10(3)6-11(4)19-13(12)20(5)8-14(15,16)17/h6,9,18H,7-8H2,1-5H3. The molecule has 1 rings (SSSR count). The molecule has 0 aliphatic heterocycles. The van der Waals surface area contributed by atoms with Gasteiger partial charge in [0, 0.05) is 30.9 Å². The molecule has 1 N–H and O–H groups in total. The summed E-state index contributed by atoms with van der Waals surface area (Å²) in [6.07, 6.45) is -4.24. The fourth-order valence-corrected chi connectivity index (χ4v) is 2.03. The first-order chi connectivity index (χ1) is 9.10. The number of rotatable bonds is 5. The Kier molecular flexibility index (Phi) is 5.39. The van der Waals surface area contributed by atoms with Crippen LogP contribution in [0.25, 0.3) is 0 Å². The Hall–Kier alpha value is -1.30. The van der Waals surface area contributed by atoms with E-state index in [-0.39, 0.29) is 6.04 Å². The lowest BCUT2D eigenvalue weighted by Crippen LogP contribution is -2.33. The number of nitrogens with zero attached hydrogens (tertiary/aromatic N) is 2. The molecule has 1 heterocycles. The quantitative estimate of drug-likeness (QED) is 0.902. The molecule has 0 atom stereocenters. The van der Waals surface area contributed by atoms with Gasteiger partial charge in [-0.05, 0) is 25.5 Å². The van der Waals surface area contributed by atoms with Crippen LogP contribution < -0.4 is 10.2 Å². The normalized spacial score (nSPS) is 12.1. The fourth-order valence-electron chi connectivity index (χ4n) is 2.03. The van der Waals surface area contributed by atoms with E-state index in [1.54, 1.807) is 6.92 Å². The van der Waals surface area contributed by atoms with E-state index in [1.165, 1.54) is 7.05 Å². The number of anilines is 1. The van der Waals surface area contributed by atoms with Crippen molar-refractivity contribution in [3.63, 3.8) is 0 Å². The van der Waals surface area contributed by atoms with Crippen LogP contribution in [-0.2, 0) is 6.54 Å². The molecular formula is C14H22F3N3. The Morgan fingerprint density at radius 2 is 1.90 bits per heavy atom. The summed E-state index contributed by atoms with van der Waals surface area (Å²) in [6, 6.07) is 2.15. The van der Waals surface area contributed by atoms with Crippen molar-refractivity contribution in [2.24, 2.45) is 0 Å². The molecule has 1 aromatic rings. The average molecular weight is 289 g/mol. The van der Waals surface area contributed by atoms with Crippen molar-refractivity contribution in [3.05, 3.63) is 22.9 Å². The number of halogens is 3. The zero-order valence-corrected chi connectivity index (χ0v) is 12.6. The maximum atomic E-state index is 12.6. The van der Waals surface area contributed by atoms with E-state index in [9.17, 15) is 13.2 Å². The van der Waals surface area contributed by atoms with Gasteiger partial charge in [-0.25, -0.2) is 4.98 Å². The van der Waals surface area contributed by atoms with Crippen molar-refractivity contribution in [3.8, 4) is 0 Å². The smallest absolute Gasteiger partial charge is 0.350 e. The minimum absolute atomic E-state index is 0.261. The van der Waals surface area contributed by atoms with Crippen molar-refractivity contribution in [1.29, 1.82) is 0 Å². The Morgan fingerprint density at radius 3 is 2.40 bits per heavy atom. The monoisotopic (exact) mass is 289 g/mol. The molecule has 3 nitrogen and oxygen atoms in total. The number of hydrogen-bond acceptors (Lipinski definition) is 3. The second-order valence-electron chi connectivity index (χ2n) is 5.39. The number of nitrogens with one attached hydrogen (secondary N) is 1. The molecule has 0 aliphatic carbocycles. The van der Waals surface area contributed by atoms with Gasteiger partial charge in [-0.2, -0.15) is 13.2 Å². The molecule has 0 aliphatic rings. The molecule has 0 bridgehead atoms. The van der Waals surface area contributed by atoms with Crippen LogP contribution in [-0.4, -0.2) is 30.8 Å². The first-order valence-corrected chi connectivity index (χ1v) is 6.58. The highest BCUT2D eigenvalue weighted by Crippen LogP contribution is 2.25. The molecule has 0 saturated carbocycles. The van der Waals surface area contributed by atoms with Gasteiger partial charge in [0.05, 0.1) is 0 Å². The zero-order chi connectivity index (χ0) is 15.5. The van der Waals surface area contributed by atoms with E-state index >= 15 is 0 Å². The number of aromatic nitrogens is 1. The second-order valence-corrected chi connectivity index (χ2v) is 5.39. The van der Waals surface area contributed by atoms with Crippen LogP contribution in [0.3, 0.4) is 0 Å². The summed E-state index contributed by atoms with van der Waals surface area (Å²) in [5, 5.41) is 3.23. The summed E-state index contributed by atoms with van der Waals surface area (Å²) in [5.41, 5.74) is 2.49. The third-order valence-corrected chi connectivity index (χ3v) is 2.92. The van der Waals surface area contributed by atoms with Crippen LogP contribution in [0, 0.1) is 13.8 Å². The first-order valence-electron chi connectivity index (χ1n) is 6.58. The number of hydrogen-bond donors (Lipinski definition) is 1. The van der Waals surface area contributed by atoms with Gasteiger partial charge in [0.2, 0.25) is 0 Å². The summed E-state index contributed by atoms with van der Waals surface area (Å²) < 4.78 is 37.7. The summed E-state index contributed by atoms with van der Waals surface area (Å²) in [5.74, 6) is 0.396. The molecule has 114 valence electrons. The molecule has 0 spiro atoms. The van der Waals surface area contributed by atoms with Gasteiger partial charge in [0.25, 0.3) is 0 Å². The summed E-state index contributed by atoms with van der Waals surface area (Å²) in [4.78, 5) is 5.45. The number of pyridine rings is 1. The van der Waals surface area contributed by atoms with Crippen LogP contribution in [0.2, 0.25) is 0 Å². The highest BCUT2D eigenvalue weighted by atomic mass is 19.4. The molecule has 0 radical (unpaired) electrons. The topological polar surface area (TPSA) is 28.2 Å². The largest absolute Gasteiger partial charge is 0.405 e. The number of aryl methyl sites for hydroxylation is 2. The van der Waals surface area contributed by atoms with E-state index in [0.717, 1.165) is 21.7 Å². The Morgan fingerprint density at radius 1 is 1.30 bits per heavy atom. The van der Waals surface area contributed by atoms with Crippen LogP contribution in [0.5, 0.6) is 0 Å². The lowest BCUT2D eigenvalue weighted by atomic mass is 10.1. The van der Waals surface area contributed by atoms with Crippen LogP contribution >= 0.6 is 0 Å². The Balaban J connectivity index is 3.08. The molecule has 6 heteroatoms. The van der Waals surface area contributed by atoms with Gasteiger partial charge in [-0.1, -0.05) is 13.8 Å². The van der Waals surface area contributed by atoms with E-state index in [2.05, 4.69) is 10.3 Å². The van der Waals surface area contributed by atoms with Crippen LogP contribution in [0.1, 0.15) is 30.7 Å². The second kappa shape index (κ2) is 6.43. The SMILES string of the molecule is Cc1cc(C)c(CNC(C)C)c(N(C)CC(F)(F)F)n1. The molecule has 0 amide bonds. The molecule has 0 fully saturated rings. The number of alkyl halides is 3. The third kappa shape index (κ3) is 5.00. The summed E-state index contributed by atoms with van der Waals surface area (Å²) >= 11 is 0. The molecule has 0 aromatic carbocycles. The van der Waals surface area contributed by atoms with E-state index in [4.69, 9.17) is 0 Å². The Labute approximate surface area is 118 Å². The maximum Gasteiger partial charge on any atom is 0.405 e. The predicted molar refractivity (Wildman–Crippen MR) is 75.0 cm³/mol. The lowest BCUT2D eigenvalue weighted by molar-refractivity contribution is -0.119. The van der Waals surface area contributed by atoms with Gasteiger partial charge in [-0.15, -0.1) is 0 Å². The van der Waals surface area contributed by atoms with Crippen molar-refractivity contribution in [1.82, 2.24) is 10.3 Å². The maximum absolute atomic E-state index is 12.6. The molecule has 20 heavy (non-hydrogen) atoms. The van der Waals surface area contributed by atoms with Crippen molar-refractivity contribution < 1.29 is 13.2 Å².